The van der Waals surface area contributed by atoms with Gasteiger partial charge in [0.1, 0.15) is 5.82 Å². The predicted octanol–water partition coefficient (Wildman–Crippen LogP) is 3.67. The second kappa shape index (κ2) is 7.17. The lowest BCUT2D eigenvalue weighted by molar-refractivity contribution is 0.102. The zero-order valence-corrected chi connectivity index (χ0v) is 15.3. The highest BCUT2D eigenvalue weighted by atomic mass is 32.2. The van der Waals surface area contributed by atoms with E-state index in [0.29, 0.717) is 23.2 Å². The monoisotopic (exact) mass is 379 g/mol. The molecular formula is C18H18FNO3S2. The summed E-state index contributed by atoms with van der Waals surface area (Å²) in [7, 11) is -2.96. The van der Waals surface area contributed by atoms with E-state index in [2.05, 4.69) is 5.32 Å². The Balaban J connectivity index is 1.79. The standard InChI is InChI=1S/C18H18FNO3S2/c1-12-10-13(19)6-7-16(12)20-18(21)15-4-2-3-5-17(15)24-14-8-9-25(22,23)11-14/h2-7,10,14H,8-9,11H2,1H3,(H,20,21)/t14-/m1/s1. The third-order valence-electron chi connectivity index (χ3n) is 4.05. The Hall–Kier alpha value is -1.86. The normalized spacial score (nSPS) is 18.9. The Bertz CT molecular complexity index is 912. The number of nitrogens with one attached hydrogen (secondary N) is 1. The molecule has 0 saturated carbocycles. The van der Waals surface area contributed by atoms with E-state index < -0.39 is 9.84 Å². The number of aryl methyl sites for hydroxylation is 1. The van der Waals surface area contributed by atoms with Gasteiger partial charge in [0.25, 0.3) is 5.91 Å². The molecule has 0 aliphatic carbocycles. The lowest BCUT2D eigenvalue weighted by Crippen LogP contribution is -2.15. The van der Waals surface area contributed by atoms with Gasteiger partial charge in [-0.05, 0) is 49.2 Å². The zero-order chi connectivity index (χ0) is 18.0. The first kappa shape index (κ1) is 17.9. The molecule has 1 heterocycles. The van der Waals surface area contributed by atoms with Gasteiger partial charge in [-0.2, -0.15) is 0 Å². The number of halogens is 1. The average molecular weight is 379 g/mol. The van der Waals surface area contributed by atoms with Gasteiger partial charge in [0.15, 0.2) is 9.84 Å². The highest BCUT2D eigenvalue weighted by Crippen LogP contribution is 2.33. The predicted molar refractivity (Wildman–Crippen MR) is 98.4 cm³/mol. The lowest BCUT2D eigenvalue weighted by atomic mass is 10.1. The van der Waals surface area contributed by atoms with Gasteiger partial charge < -0.3 is 5.32 Å². The van der Waals surface area contributed by atoms with E-state index in [0.717, 1.165) is 4.90 Å². The Morgan fingerprint density at radius 1 is 1.24 bits per heavy atom. The second-order valence-corrected chi connectivity index (χ2v) is 9.62. The van der Waals surface area contributed by atoms with E-state index in [1.54, 1.807) is 19.1 Å². The average Bonchev–Trinajstić information content (AvgIpc) is 2.89. The summed E-state index contributed by atoms with van der Waals surface area (Å²) < 4.78 is 36.5. The van der Waals surface area contributed by atoms with Crippen LogP contribution in [0.2, 0.25) is 0 Å². The molecule has 132 valence electrons. The van der Waals surface area contributed by atoms with Gasteiger partial charge in [-0.25, -0.2) is 12.8 Å². The number of amides is 1. The van der Waals surface area contributed by atoms with Gasteiger partial charge in [0.05, 0.1) is 17.1 Å². The molecule has 1 saturated heterocycles. The molecule has 1 aliphatic heterocycles. The largest absolute Gasteiger partial charge is 0.322 e. The maximum absolute atomic E-state index is 13.2. The van der Waals surface area contributed by atoms with Crippen molar-refractivity contribution in [1.29, 1.82) is 0 Å². The van der Waals surface area contributed by atoms with Gasteiger partial charge >= 0.3 is 0 Å². The molecule has 3 rings (SSSR count). The van der Waals surface area contributed by atoms with Crippen molar-refractivity contribution in [1.82, 2.24) is 0 Å². The fourth-order valence-corrected chi connectivity index (χ4v) is 6.37. The number of carbonyl (C=O) groups excluding carboxylic acids is 1. The second-order valence-electron chi connectivity index (χ2n) is 6.05. The van der Waals surface area contributed by atoms with Crippen LogP contribution in [-0.2, 0) is 9.84 Å². The van der Waals surface area contributed by atoms with E-state index in [9.17, 15) is 17.6 Å². The number of carbonyl (C=O) groups is 1. The van der Waals surface area contributed by atoms with E-state index in [1.165, 1.54) is 30.0 Å². The van der Waals surface area contributed by atoms with Gasteiger partial charge in [0, 0.05) is 15.8 Å². The highest BCUT2D eigenvalue weighted by molar-refractivity contribution is 8.02. The number of hydrogen-bond donors (Lipinski definition) is 1. The summed E-state index contributed by atoms with van der Waals surface area (Å²) in [5.74, 6) is -0.300. The van der Waals surface area contributed by atoms with Crippen molar-refractivity contribution >= 4 is 33.2 Å². The summed E-state index contributed by atoms with van der Waals surface area (Å²) in [6.07, 6.45) is 0.597. The van der Waals surface area contributed by atoms with Crippen molar-refractivity contribution < 1.29 is 17.6 Å². The number of sulfone groups is 1. The van der Waals surface area contributed by atoms with Crippen LogP contribution in [-0.4, -0.2) is 31.1 Å². The fourth-order valence-electron chi connectivity index (χ4n) is 2.75. The number of benzene rings is 2. The molecule has 7 heteroatoms. The minimum absolute atomic E-state index is 0.0356. The molecule has 0 radical (unpaired) electrons. The summed E-state index contributed by atoms with van der Waals surface area (Å²) in [4.78, 5) is 13.4. The quantitative estimate of drug-likeness (QED) is 0.880. The minimum Gasteiger partial charge on any atom is -0.322 e. The highest BCUT2D eigenvalue weighted by Gasteiger charge is 2.29. The van der Waals surface area contributed by atoms with Crippen molar-refractivity contribution in [2.24, 2.45) is 0 Å². The van der Waals surface area contributed by atoms with Crippen LogP contribution in [0.1, 0.15) is 22.3 Å². The number of anilines is 1. The number of hydrogen-bond acceptors (Lipinski definition) is 4. The topological polar surface area (TPSA) is 63.2 Å². The van der Waals surface area contributed by atoms with E-state index in [1.807, 2.05) is 12.1 Å². The SMILES string of the molecule is Cc1cc(F)ccc1NC(=O)c1ccccc1S[C@@H]1CCS(=O)(=O)C1. The first-order chi connectivity index (χ1) is 11.8. The maximum atomic E-state index is 13.2. The maximum Gasteiger partial charge on any atom is 0.256 e. The zero-order valence-electron chi connectivity index (χ0n) is 13.7. The molecule has 1 N–H and O–H groups in total. The van der Waals surface area contributed by atoms with Gasteiger partial charge in [-0.1, -0.05) is 12.1 Å². The molecule has 0 unspecified atom stereocenters. The van der Waals surface area contributed by atoms with Crippen molar-refractivity contribution in [3.05, 3.63) is 59.4 Å². The van der Waals surface area contributed by atoms with Crippen molar-refractivity contribution in [3.63, 3.8) is 0 Å². The number of rotatable bonds is 4. The molecule has 1 atom stereocenters. The van der Waals surface area contributed by atoms with Gasteiger partial charge in [-0.3, -0.25) is 4.79 Å². The Labute approximate surface area is 150 Å². The first-order valence-corrected chi connectivity index (χ1v) is 10.6. The first-order valence-electron chi connectivity index (χ1n) is 7.88. The lowest BCUT2D eigenvalue weighted by Gasteiger charge is -2.13. The fraction of sp³-hybridized carbons (Fsp3) is 0.278. The van der Waals surface area contributed by atoms with Crippen LogP contribution in [0.15, 0.2) is 47.4 Å². The van der Waals surface area contributed by atoms with Crippen LogP contribution >= 0.6 is 11.8 Å². The van der Waals surface area contributed by atoms with Crippen molar-refractivity contribution in [2.45, 2.75) is 23.5 Å². The molecule has 1 amide bonds. The van der Waals surface area contributed by atoms with Gasteiger partial charge in [-0.15, -0.1) is 11.8 Å². The summed E-state index contributed by atoms with van der Waals surface area (Å²) >= 11 is 1.43. The molecule has 4 nitrogen and oxygen atoms in total. The van der Waals surface area contributed by atoms with Crippen LogP contribution in [0.5, 0.6) is 0 Å². The third-order valence-corrected chi connectivity index (χ3v) is 7.38. The van der Waals surface area contributed by atoms with Crippen LogP contribution in [0.3, 0.4) is 0 Å². The molecule has 1 aliphatic rings. The van der Waals surface area contributed by atoms with Crippen LogP contribution in [0, 0.1) is 12.7 Å². The van der Waals surface area contributed by atoms with Crippen LogP contribution < -0.4 is 5.32 Å². The van der Waals surface area contributed by atoms with E-state index in [-0.39, 0.29) is 28.5 Å². The smallest absolute Gasteiger partial charge is 0.256 e. The Morgan fingerprint density at radius 2 is 2.00 bits per heavy atom. The van der Waals surface area contributed by atoms with E-state index in [4.69, 9.17) is 0 Å². The number of thioether (sulfide) groups is 1. The summed E-state index contributed by atoms with van der Waals surface area (Å²) in [6, 6.07) is 11.3. The molecule has 25 heavy (non-hydrogen) atoms. The summed E-state index contributed by atoms with van der Waals surface area (Å²) in [5.41, 5.74) is 1.68. The van der Waals surface area contributed by atoms with Crippen molar-refractivity contribution in [2.75, 3.05) is 16.8 Å². The molecule has 0 aromatic heterocycles. The minimum atomic E-state index is -2.96. The summed E-state index contributed by atoms with van der Waals surface area (Å²) in [5, 5.41) is 2.76. The van der Waals surface area contributed by atoms with Crippen LogP contribution in [0.4, 0.5) is 10.1 Å². The molecule has 2 aromatic rings. The van der Waals surface area contributed by atoms with E-state index >= 15 is 0 Å². The molecule has 0 spiro atoms. The summed E-state index contributed by atoms with van der Waals surface area (Å²) in [6.45, 7) is 1.72. The molecule has 1 fully saturated rings. The van der Waals surface area contributed by atoms with Crippen molar-refractivity contribution in [3.8, 4) is 0 Å². The Morgan fingerprint density at radius 3 is 2.68 bits per heavy atom. The molecule has 0 bridgehead atoms. The molecule has 2 aromatic carbocycles. The molecular weight excluding hydrogens is 361 g/mol. The van der Waals surface area contributed by atoms with Crippen LogP contribution in [0.25, 0.3) is 0 Å². The Kier molecular flexibility index (Phi) is 5.15. The third kappa shape index (κ3) is 4.41. The van der Waals surface area contributed by atoms with Gasteiger partial charge in [0.2, 0.25) is 0 Å².